The molecule has 0 fully saturated rings. The van der Waals surface area contributed by atoms with Crippen LogP contribution in [0.1, 0.15) is 0 Å². The van der Waals surface area contributed by atoms with E-state index >= 15 is 0 Å². The van der Waals surface area contributed by atoms with Crippen LogP contribution in [-0.4, -0.2) is 4.98 Å². The molecule has 3 nitrogen and oxygen atoms in total. The van der Waals surface area contributed by atoms with Crippen LogP contribution < -0.4 is 10.5 Å². The zero-order chi connectivity index (χ0) is 12.4. The van der Waals surface area contributed by atoms with Crippen LogP contribution in [0.5, 0.6) is 11.5 Å². The lowest BCUT2D eigenvalue weighted by atomic mass is 10.2. The van der Waals surface area contributed by atoms with E-state index in [0.717, 1.165) is 16.7 Å². The van der Waals surface area contributed by atoms with Gasteiger partial charge in [-0.3, -0.25) is 4.98 Å². The fourth-order valence-corrected chi connectivity index (χ4v) is 1.86. The first-order chi connectivity index (χ1) is 8.84. The molecule has 0 aliphatic rings. The summed E-state index contributed by atoms with van der Waals surface area (Å²) in [6, 6.07) is 17.1. The van der Waals surface area contributed by atoms with Gasteiger partial charge in [0.25, 0.3) is 0 Å². The Morgan fingerprint density at radius 3 is 2.56 bits per heavy atom. The van der Waals surface area contributed by atoms with E-state index < -0.39 is 0 Å². The highest BCUT2D eigenvalue weighted by Gasteiger charge is 2.05. The second-order valence-electron chi connectivity index (χ2n) is 3.97. The number of hydrogen-bond acceptors (Lipinski definition) is 3. The summed E-state index contributed by atoms with van der Waals surface area (Å²) in [7, 11) is 0. The van der Waals surface area contributed by atoms with Crippen molar-refractivity contribution in [2.24, 2.45) is 0 Å². The molecule has 3 aromatic rings. The van der Waals surface area contributed by atoms with E-state index in [-0.39, 0.29) is 0 Å². The number of aromatic nitrogens is 1. The van der Waals surface area contributed by atoms with E-state index in [1.165, 1.54) is 0 Å². The first-order valence-corrected chi connectivity index (χ1v) is 5.71. The molecule has 0 amide bonds. The summed E-state index contributed by atoms with van der Waals surface area (Å²) < 4.78 is 5.86. The van der Waals surface area contributed by atoms with E-state index in [9.17, 15) is 0 Å². The van der Waals surface area contributed by atoms with Crippen molar-refractivity contribution in [1.29, 1.82) is 0 Å². The molecule has 0 aliphatic carbocycles. The molecule has 1 aromatic heterocycles. The zero-order valence-electron chi connectivity index (χ0n) is 9.71. The first kappa shape index (κ1) is 10.6. The minimum Gasteiger partial charge on any atom is -0.454 e. The van der Waals surface area contributed by atoms with Crippen molar-refractivity contribution in [3.05, 3.63) is 60.8 Å². The van der Waals surface area contributed by atoms with Crippen LogP contribution in [0.25, 0.3) is 10.9 Å². The average Bonchev–Trinajstić information content (AvgIpc) is 2.42. The Hall–Kier alpha value is -2.55. The quantitative estimate of drug-likeness (QED) is 0.691. The minimum atomic E-state index is 0.624. The summed E-state index contributed by atoms with van der Waals surface area (Å²) in [5, 5.41) is 0.975. The van der Waals surface area contributed by atoms with Crippen molar-refractivity contribution in [2.75, 3.05) is 5.73 Å². The highest BCUT2D eigenvalue weighted by molar-refractivity contribution is 5.85. The lowest BCUT2D eigenvalue weighted by Gasteiger charge is -2.10. The fraction of sp³-hybridized carbons (Fsp3) is 0. The summed E-state index contributed by atoms with van der Waals surface area (Å²) in [4.78, 5) is 4.29. The smallest absolute Gasteiger partial charge is 0.150 e. The molecule has 0 atom stereocenters. The molecule has 2 N–H and O–H groups in total. The fourth-order valence-electron chi connectivity index (χ4n) is 1.86. The monoisotopic (exact) mass is 236 g/mol. The Bertz CT molecular complexity index is 689. The highest BCUT2D eigenvalue weighted by Crippen LogP contribution is 2.31. The molecular formula is C15H12N2O. The van der Waals surface area contributed by atoms with E-state index in [2.05, 4.69) is 4.98 Å². The van der Waals surface area contributed by atoms with Gasteiger partial charge in [-0.1, -0.05) is 18.2 Å². The number of anilines is 1. The van der Waals surface area contributed by atoms with Gasteiger partial charge in [0.05, 0.1) is 11.2 Å². The third-order valence-corrected chi connectivity index (χ3v) is 2.74. The largest absolute Gasteiger partial charge is 0.454 e. The second kappa shape index (κ2) is 4.37. The molecule has 3 heteroatoms. The van der Waals surface area contributed by atoms with Gasteiger partial charge in [-0.05, 0) is 36.4 Å². The Morgan fingerprint density at radius 1 is 0.833 bits per heavy atom. The third-order valence-electron chi connectivity index (χ3n) is 2.74. The lowest BCUT2D eigenvalue weighted by molar-refractivity contribution is 0.490. The molecule has 0 saturated carbocycles. The van der Waals surface area contributed by atoms with E-state index in [1.54, 1.807) is 6.20 Å². The standard InChI is InChI=1S/C15H12N2O/c16-12-6-1-2-8-15(12)18-14-9-3-7-13-11(14)5-4-10-17-13/h1-10H,16H2. The van der Waals surface area contributed by atoms with Crippen LogP contribution in [-0.2, 0) is 0 Å². The van der Waals surface area contributed by atoms with Gasteiger partial charge in [-0.15, -0.1) is 0 Å². The van der Waals surface area contributed by atoms with Crippen molar-refractivity contribution >= 4 is 16.6 Å². The molecule has 1 heterocycles. The molecule has 2 aromatic carbocycles. The average molecular weight is 236 g/mol. The molecule has 0 aliphatic heterocycles. The molecule has 0 bridgehead atoms. The molecule has 0 saturated heterocycles. The number of rotatable bonds is 2. The number of hydrogen-bond donors (Lipinski definition) is 1. The Kier molecular flexibility index (Phi) is 2.57. The maximum Gasteiger partial charge on any atom is 0.150 e. The van der Waals surface area contributed by atoms with Gasteiger partial charge in [-0.2, -0.15) is 0 Å². The molecule has 88 valence electrons. The van der Waals surface area contributed by atoms with Gasteiger partial charge in [0.1, 0.15) is 11.5 Å². The third kappa shape index (κ3) is 1.86. The lowest BCUT2D eigenvalue weighted by Crippen LogP contribution is -1.92. The normalized spacial score (nSPS) is 10.4. The predicted molar refractivity (Wildman–Crippen MR) is 72.7 cm³/mol. The van der Waals surface area contributed by atoms with Crippen molar-refractivity contribution < 1.29 is 4.74 Å². The molecule has 0 spiro atoms. The van der Waals surface area contributed by atoms with Crippen LogP contribution in [0, 0.1) is 0 Å². The molecule has 18 heavy (non-hydrogen) atoms. The molecular weight excluding hydrogens is 224 g/mol. The number of benzene rings is 2. The number of fused-ring (bicyclic) bond motifs is 1. The summed E-state index contributed by atoms with van der Waals surface area (Å²) >= 11 is 0. The molecule has 3 rings (SSSR count). The Balaban J connectivity index is 2.08. The number of para-hydroxylation sites is 2. The SMILES string of the molecule is Nc1ccccc1Oc1cccc2ncccc12. The van der Waals surface area contributed by atoms with Crippen LogP contribution in [0.2, 0.25) is 0 Å². The van der Waals surface area contributed by atoms with Crippen LogP contribution in [0.3, 0.4) is 0 Å². The van der Waals surface area contributed by atoms with Gasteiger partial charge >= 0.3 is 0 Å². The first-order valence-electron chi connectivity index (χ1n) is 5.71. The molecule has 0 radical (unpaired) electrons. The Morgan fingerprint density at radius 2 is 1.67 bits per heavy atom. The summed E-state index contributed by atoms with van der Waals surface area (Å²) in [6.45, 7) is 0. The summed E-state index contributed by atoms with van der Waals surface area (Å²) in [6.07, 6.45) is 1.77. The van der Waals surface area contributed by atoms with E-state index in [0.29, 0.717) is 11.4 Å². The zero-order valence-corrected chi connectivity index (χ0v) is 9.71. The van der Waals surface area contributed by atoms with Crippen molar-refractivity contribution in [3.8, 4) is 11.5 Å². The predicted octanol–water partition coefficient (Wildman–Crippen LogP) is 3.61. The van der Waals surface area contributed by atoms with Gasteiger partial charge in [0.15, 0.2) is 0 Å². The van der Waals surface area contributed by atoms with E-state index in [4.69, 9.17) is 10.5 Å². The van der Waals surface area contributed by atoms with E-state index in [1.807, 2.05) is 54.6 Å². The number of ether oxygens (including phenoxy) is 1. The maximum absolute atomic E-state index is 5.87. The summed E-state index contributed by atoms with van der Waals surface area (Å²) in [5.41, 5.74) is 7.40. The van der Waals surface area contributed by atoms with Crippen LogP contribution >= 0.6 is 0 Å². The Labute approximate surface area is 105 Å². The second-order valence-corrected chi connectivity index (χ2v) is 3.97. The number of pyridine rings is 1. The van der Waals surface area contributed by atoms with Crippen LogP contribution in [0.15, 0.2) is 60.8 Å². The number of nitrogens with two attached hydrogens (primary N) is 1. The van der Waals surface area contributed by atoms with Crippen molar-refractivity contribution in [1.82, 2.24) is 4.98 Å². The summed E-state index contributed by atoms with van der Waals surface area (Å²) in [5.74, 6) is 1.42. The molecule has 0 unspecified atom stereocenters. The number of nitrogens with zero attached hydrogens (tertiary/aromatic N) is 1. The highest BCUT2D eigenvalue weighted by atomic mass is 16.5. The van der Waals surface area contributed by atoms with Crippen molar-refractivity contribution in [3.63, 3.8) is 0 Å². The van der Waals surface area contributed by atoms with Crippen LogP contribution in [0.4, 0.5) is 5.69 Å². The van der Waals surface area contributed by atoms with Gasteiger partial charge < -0.3 is 10.5 Å². The maximum atomic E-state index is 5.87. The van der Waals surface area contributed by atoms with Gasteiger partial charge in [-0.25, -0.2) is 0 Å². The topological polar surface area (TPSA) is 48.1 Å². The van der Waals surface area contributed by atoms with Crippen molar-refractivity contribution in [2.45, 2.75) is 0 Å². The number of nitrogen functional groups attached to an aromatic ring is 1. The van der Waals surface area contributed by atoms with Gasteiger partial charge in [0.2, 0.25) is 0 Å². The van der Waals surface area contributed by atoms with Gasteiger partial charge in [0, 0.05) is 11.6 Å². The minimum absolute atomic E-state index is 0.624.